The molecule has 36 valence electrons. The molecule has 0 aliphatic rings. The standard InChI is InChI=1S/4Li.4H2O.H/h;;;;4*1H2;/q;;2*+1;;;;;-1/p-1. The topological polar surface area (TPSA) is 124 Å². The average Bonchev–Trinajstić information content (AvgIpc) is 1.00. The van der Waals surface area contributed by atoms with Gasteiger partial charge in [0.2, 0.25) is 0 Å². The molecule has 0 spiro atoms. The van der Waals surface area contributed by atoms with E-state index in [0.29, 0.717) is 0 Å². The van der Waals surface area contributed by atoms with Gasteiger partial charge in [0, 0.05) is 0 Å². The van der Waals surface area contributed by atoms with E-state index in [4.69, 9.17) is 0 Å². The first-order valence-corrected chi connectivity index (χ1v) is 1.00. The van der Waals surface area contributed by atoms with Crippen LogP contribution in [-0.2, 0) is 0 Å². The van der Waals surface area contributed by atoms with Crippen LogP contribution in [0.2, 0.25) is 0 Å². The van der Waals surface area contributed by atoms with Crippen molar-refractivity contribution in [2.75, 3.05) is 0 Å². The normalized spacial score (nSPS) is 1.00. The molecule has 0 bridgehead atoms. The molecule has 8 heteroatoms. The third-order valence-electron chi connectivity index (χ3n) is 0. The van der Waals surface area contributed by atoms with Crippen LogP contribution in [0.1, 0.15) is 1.43 Å². The molecule has 8 heavy (non-hydrogen) atoms. The third kappa shape index (κ3) is 86.5. The molecule has 0 aromatic rings. The number of rotatable bonds is 0. The fraction of sp³-hybridized carbons (Fsp3) is 0. The van der Waals surface area contributed by atoms with Crippen LogP contribution in [0.4, 0.5) is 0 Å². The Kier molecular flexibility index (Phi) is 1310. The smallest absolute Gasteiger partial charge is 0.870 e. The zero-order valence-corrected chi connectivity index (χ0v) is 5.95. The zero-order valence-electron chi connectivity index (χ0n) is 6.95. The van der Waals surface area contributed by atoms with Crippen LogP contribution >= 0.6 is 0 Å². The molecule has 0 radical (unpaired) electrons. The van der Waals surface area contributed by atoms with E-state index in [1.807, 2.05) is 30.8 Å². The summed E-state index contributed by atoms with van der Waals surface area (Å²) in [4.78, 5) is 0. The Morgan fingerprint density at radius 3 is 0.750 bits per heavy atom. The summed E-state index contributed by atoms with van der Waals surface area (Å²) in [5, 5.41) is 0. The largest absolute Gasteiger partial charge is 0.870 e. The molecule has 0 saturated heterocycles. The molecular weight excluding hydrogens is 91.8 g/mol. The SMILES string of the molecule is O.O.O.[H-].[Li+].[Li+].[Li][Li].[OH-]. The van der Waals surface area contributed by atoms with Gasteiger partial charge in [0.25, 0.3) is 0 Å². The maximum atomic E-state index is 2.00. The van der Waals surface area contributed by atoms with Gasteiger partial charge >= 0.3 is 68.5 Å². The average molecular weight is 99.8 g/mol. The van der Waals surface area contributed by atoms with Crippen molar-refractivity contribution < 1.29 is 61.1 Å². The molecule has 0 aliphatic carbocycles. The van der Waals surface area contributed by atoms with Crippen LogP contribution < -0.4 is 37.7 Å². The van der Waals surface area contributed by atoms with Crippen molar-refractivity contribution in [3.63, 3.8) is 0 Å². The maximum absolute atomic E-state index is 2.00. The quantitative estimate of drug-likeness (QED) is 0.275. The monoisotopic (exact) mass is 100 g/mol. The van der Waals surface area contributed by atoms with Crippen LogP contribution in [0.25, 0.3) is 0 Å². The first kappa shape index (κ1) is 83.5. The first-order chi connectivity index (χ1) is 1.00. The molecule has 0 atom stereocenters. The van der Waals surface area contributed by atoms with E-state index in [9.17, 15) is 0 Å². The second kappa shape index (κ2) is 126. The molecule has 0 unspecified atom stereocenters. The Bertz CT molecular complexity index is 12.5. The minimum absolute atomic E-state index is 0. The van der Waals surface area contributed by atoms with Crippen molar-refractivity contribution in [2.45, 2.75) is 0 Å². The predicted octanol–water partition coefficient (Wildman–Crippen LogP) is -9.29. The molecule has 7 N–H and O–H groups in total. The van der Waals surface area contributed by atoms with Gasteiger partial charge in [-0.15, -0.1) is 0 Å². The first-order valence-electron chi connectivity index (χ1n) is 1.00. The van der Waals surface area contributed by atoms with E-state index >= 15 is 0 Å². The van der Waals surface area contributed by atoms with Crippen LogP contribution in [0.15, 0.2) is 0 Å². The molecule has 0 fully saturated rings. The van der Waals surface area contributed by atoms with E-state index in [1.165, 1.54) is 0 Å². The minimum Gasteiger partial charge on any atom is -0.870 e. The van der Waals surface area contributed by atoms with E-state index in [0.717, 1.165) is 0 Å². The van der Waals surface area contributed by atoms with Crippen molar-refractivity contribution in [2.24, 2.45) is 0 Å². The number of hydrogen-bond donors (Lipinski definition) is 0. The Morgan fingerprint density at radius 1 is 0.750 bits per heavy atom. The summed E-state index contributed by atoms with van der Waals surface area (Å²) in [5.74, 6) is 0. The van der Waals surface area contributed by atoms with Crippen molar-refractivity contribution in [1.82, 2.24) is 0 Å². The number of hydrogen-bond acceptors (Lipinski definition) is 1. The Labute approximate surface area is 91.0 Å². The second-order valence-electron chi connectivity index (χ2n) is 0. The van der Waals surface area contributed by atoms with Crippen LogP contribution in [-0.4, -0.2) is 52.7 Å². The van der Waals surface area contributed by atoms with Gasteiger partial charge in [-0.25, -0.2) is 0 Å². The van der Waals surface area contributed by atoms with Crippen molar-refractivity contribution >= 4 is 30.8 Å². The van der Waals surface area contributed by atoms with Gasteiger partial charge < -0.3 is 23.3 Å². The van der Waals surface area contributed by atoms with Crippen LogP contribution in [0, 0.1) is 0 Å². The second-order valence-corrected chi connectivity index (χ2v) is 0. The summed E-state index contributed by atoms with van der Waals surface area (Å²) in [6.45, 7) is 0. The molecule has 0 aromatic heterocycles. The molecule has 0 saturated carbocycles. The fourth-order valence-corrected chi connectivity index (χ4v) is 0. The molecule has 0 rings (SSSR count). The van der Waals surface area contributed by atoms with Gasteiger partial charge in [-0.1, -0.05) is 0 Å². The fourth-order valence-electron chi connectivity index (χ4n) is 0. The molecular formula is H8Li4O4. The Hall–Kier alpha value is 2.23. The van der Waals surface area contributed by atoms with E-state index < -0.39 is 0 Å². The van der Waals surface area contributed by atoms with E-state index in [-0.39, 0.29) is 61.1 Å². The molecule has 0 aliphatic heterocycles. The van der Waals surface area contributed by atoms with E-state index in [2.05, 4.69) is 0 Å². The molecule has 0 amide bonds. The van der Waals surface area contributed by atoms with Gasteiger partial charge in [0.15, 0.2) is 0 Å². The van der Waals surface area contributed by atoms with E-state index in [1.54, 1.807) is 0 Å². The molecule has 4 nitrogen and oxygen atoms in total. The molecule has 0 heterocycles. The van der Waals surface area contributed by atoms with Gasteiger partial charge in [-0.05, 0) is 0 Å². The van der Waals surface area contributed by atoms with Crippen LogP contribution in [0.5, 0.6) is 0 Å². The summed E-state index contributed by atoms with van der Waals surface area (Å²) in [5.41, 5.74) is 0. The van der Waals surface area contributed by atoms with Gasteiger partial charge in [-0.2, -0.15) is 0 Å². The minimum atomic E-state index is 0. The third-order valence-corrected chi connectivity index (χ3v) is 0. The Balaban J connectivity index is -0.000000000238. The molecule has 0 aromatic carbocycles. The van der Waals surface area contributed by atoms with Crippen molar-refractivity contribution in [3.05, 3.63) is 0 Å². The van der Waals surface area contributed by atoms with Gasteiger partial charge in [0.05, 0.1) is 0 Å². The summed E-state index contributed by atoms with van der Waals surface area (Å²) in [6, 6.07) is 0. The maximum Gasteiger partial charge on any atom is -0.870 e. The summed E-state index contributed by atoms with van der Waals surface area (Å²) >= 11 is 4.00. The zero-order chi connectivity index (χ0) is 2.00. The van der Waals surface area contributed by atoms with Crippen molar-refractivity contribution in [3.8, 4) is 0 Å². The van der Waals surface area contributed by atoms with Gasteiger partial charge in [-0.3, -0.25) is 0 Å². The van der Waals surface area contributed by atoms with Crippen LogP contribution in [0.3, 0.4) is 0 Å². The predicted molar refractivity (Wildman–Crippen MR) is 25.4 cm³/mol. The Morgan fingerprint density at radius 2 is 0.750 bits per heavy atom. The summed E-state index contributed by atoms with van der Waals surface area (Å²) in [6.07, 6.45) is 0. The van der Waals surface area contributed by atoms with Crippen molar-refractivity contribution in [1.29, 1.82) is 0 Å². The summed E-state index contributed by atoms with van der Waals surface area (Å²) < 4.78 is 0. The summed E-state index contributed by atoms with van der Waals surface area (Å²) in [7, 11) is 0. The van der Waals surface area contributed by atoms with Gasteiger partial charge in [0.1, 0.15) is 0 Å².